The monoisotopic (exact) mass is 509 g/mol. The number of hydrogen-bond donors (Lipinski definition) is 1. The lowest BCUT2D eigenvalue weighted by molar-refractivity contribution is -0.138. The van der Waals surface area contributed by atoms with Crippen LogP contribution in [0.3, 0.4) is 0 Å². The Bertz CT molecular complexity index is 955. The first-order valence-electron chi connectivity index (χ1n) is 10.3. The largest absolute Gasteiger partial charge is 0.494 e. The normalized spacial score (nSPS) is 15.6. The minimum Gasteiger partial charge on any atom is -0.494 e. The molecular weight excluding hydrogens is 485 g/mol. The van der Waals surface area contributed by atoms with Gasteiger partial charge in [0, 0.05) is 21.0 Å². The van der Waals surface area contributed by atoms with Gasteiger partial charge < -0.3 is 14.7 Å². The van der Waals surface area contributed by atoms with E-state index in [0.29, 0.717) is 28.1 Å². The number of carboxylic acid groups (broad SMARTS) is 1. The smallest absolute Gasteiger partial charge is 0.305 e. The number of carboxylic acids is 1. The standard InChI is InChI=1S/C23H25BrFNO4S/c1-2-3-4-5-10-30-17-8-9-20-19(12-17)26(23(29)21(31-20)13-22(27)28)14-15-6-7-16(24)11-18(15)25/h6-9,11-12,21H,2-5,10,13-14H2,1H3,(H,27,28). The number of halogens is 2. The molecule has 1 unspecified atom stereocenters. The highest BCUT2D eigenvalue weighted by Gasteiger charge is 2.35. The van der Waals surface area contributed by atoms with Crippen molar-refractivity contribution in [3.63, 3.8) is 0 Å². The summed E-state index contributed by atoms with van der Waals surface area (Å²) in [5.41, 5.74) is 0.972. The maximum Gasteiger partial charge on any atom is 0.305 e. The molecule has 1 aliphatic heterocycles. The molecule has 1 N–H and O–H groups in total. The van der Waals surface area contributed by atoms with E-state index in [4.69, 9.17) is 4.74 Å². The highest BCUT2D eigenvalue weighted by molar-refractivity contribution is 9.10. The Kier molecular flexibility index (Phi) is 8.37. The van der Waals surface area contributed by atoms with Gasteiger partial charge in [0.05, 0.1) is 30.5 Å². The average molecular weight is 510 g/mol. The summed E-state index contributed by atoms with van der Waals surface area (Å²) in [5, 5.41) is 8.46. The molecule has 1 aliphatic rings. The van der Waals surface area contributed by atoms with Gasteiger partial charge in [0.15, 0.2) is 0 Å². The van der Waals surface area contributed by atoms with E-state index in [-0.39, 0.29) is 18.9 Å². The van der Waals surface area contributed by atoms with Crippen molar-refractivity contribution in [1.82, 2.24) is 0 Å². The fourth-order valence-electron chi connectivity index (χ4n) is 3.38. The maximum atomic E-state index is 14.5. The van der Waals surface area contributed by atoms with Crippen LogP contribution in [-0.2, 0) is 16.1 Å². The van der Waals surface area contributed by atoms with Crippen LogP contribution in [0.4, 0.5) is 10.1 Å². The lowest BCUT2D eigenvalue weighted by atomic mass is 10.1. The van der Waals surface area contributed by atoms with E-state index in [1.807, 2.05) is 12.1 Å². The van der Waals surface area contributed by atoms with Crippen LogP contribution >= 0.6 is 27.7 Å². The molecule has 0 spiro atoms. The van der Waals surface area contributed by atoms with E-state index in [2.05, 4.69) is 22.9 Å². The van der Waals surface area contributed by atoms with Crippen LogP contribution < -0.4 is 9.64 Å². The fourth-order valence-corrected chi connectivity index (χ4v) is 4.91. The first-order chi connectivity index (χ1) is 14.9. The van der Waals surface area contributed by atoms with Crippen LogP contribution in [0.5, 0.6) is 5.75 Å². The van der Waals surface area contributed by atoms with Gasteiger partial charge in [-0.15, -0.1) is 11.8 Å². The number of carbonyl (C=O) groups is 2. The summed E-state index contributed by atoms with van der Waals surface area (Å²) in [6, 6.07) is 10.1. The number of anilines is 1. The van der Waals surface area contributed by atoms with Crippen molar-refractivity contribution in [2.45, 2.75) is 55.7 Å². The van der Waals surface area contributed by atoms with Crippen molar-refractivity contribution in [2.75, 3.05) is 11.5 Å². The van der Waals surface area contributed by atoms with E-state index in [1.54, 1.807) is 18.2 Å². The molecule has 3 rings (SSSR count). The van der Waals surface area contributed by atoms with Crippen molar-refractivity contribution in [3.8, 4) is 5.75 Å². The van der Waals surface area contributed by atoms with E-state index < -0.39 is 17.0 Å². The lowest BCUT2D eigenvalue weighted by Gasteiger charge is -2.33. The van der Waals surface area contributed by atoms with Gasteiger partial charge in [0.2, 0.25) is 5.91 Å². The van der Waals surface area contributed by atoms with Gasteiger partial charge in [-0.2, -0.15) is 0 Å². The van der Waals surface area contributed by atoms with E-state index in [0.717, 1.165) is 30.6 Å². The molecule has 2 aromatic carbocycles. The Morgan fingerprint density at radius 1 is 1.23 bits per heavy atom. The highest BCUT2D eigenvalue weighted by Crippen LogP contribution is 2.43. The average Bonchev–Trinajstić information content (AvgIpc) is 2.72. The number of nitrogens with zero attached hydrogens (tertiary/aromatic N) is 1. The summed E-state index contributed by atoms with van der Waals surface area (Å²) in [6.45, 7) is 2.75. The van der Waals surface area contributed by atoms with Gasteiger partial charge in [-0.25, -0.2) is 4.39 Å². The van der Waals surface area contributed by atoms with E-state index in [1.165, 1.54) is 22.7 Å². The summed E-state index contributed by atoms with van der Waals surface area (Å²) in [7, 11) is 0. The zero-order valence-corrected chi connectivity index (χ0v) is 19.7. The van der Waals surface area contributed by atoms with Gasteiger partial charge in [-0.1, -0.05) is 48.2 Å². The third-order valence-electron chi connectivity index (χ3n) is 5.00. The molecule has 0 radical (unpaired) electrons. The summed E-state index contributed by atoms with van der Waals surface area (Å²) in [4.78, 5) is 26.6. The predicted octanol–water partition coefficient (Wildman–Crippen LogP) is 6.03. The number of hydrogen-bond acceptors (Lipinski definition) is 4. The molecule has 2 aromatic rings. The minimum atomic E-state index is -1.05. The first kappa shape index (κ1) is 23.6. The number of aliphatic carboxylic acids is 1. The molecule has 5 nitrogen and oxygen atoms in total. The Morgan fingerprint density at radius 3 is 2.74 bits per heavy atom. The zero-order chi connectivity index (χ0) is 22.4. The molecule has 1 atom stereocenters. The third kappa shape index (κ3) is 6.23. The van der Waals surface area contributed by atoms with E-state index >= 15 is 0 Å². The van der Waals surface area contributed by atoms with Crippen molar-refractivity contribution in [3.05, 3.63) is 52.3 Å². The number of ether oxygens (including phenoxy) is 1. The van der Waals surface area contributed by atoms with Crippen LogP contribution in [0, 0.1) is 5.82 Å². The Labute approximate surface area is 194 Å². The van der Waals surface area contributed by atoms with Gasteiger partial charge in [-0.05, 0) is 30.7 Å². The molecule has 0 fully saturated rings. The molecule has 31 heavy (non-hydrogen) atoms. The zero-order valence-electron chi connectivity index (χ0n) is 17.3. The first-order valence-corrected chi connectivity index (χ1v) is 12.0. The highest BCUT2D eigenvalue weighted by atomic mass is 79.9. The SMILES string of the molecule is CCCCCCOc1ccc2c(c1)N(Cc1ccc(Br)cc1F)C(=O)C(CC(=O)O)S2. The second kappa shape index (κ2) is 11.0. The van der Waals surface area contributed by atoms with Crippen LogP contribution in [0.15, 0.2) is 45.8 Å². The molecule has 0 aromatic heterocycles. The van der Waals surface area contributed by atoms with Gasteiger partial charge >= 0.3 is 5.97 Å². The summed E-state index contributed by atoms with van der Waals surface area (Å²) in [6.07, 6.45) is 4.07. The van der Waals surface area contributed by atoms with Crippen LogP contribution in [-0.4, -0.2) is 28.8 Å². The van der Waals surface area contributed by atoms with Crippen LogP contribution in [0.2, 0.25) is 0 Å². The van der Waals surface area contributed by atoms with E-state index in [9.17, 15) is 19.1 Å². The van der Waals surface area contributed by atoms with Crippen LogP contribution in [0.25, 0.3) is 0 Å². The maximum absolute atomic E-state index is 14.5. The number of thioether (sulfide) groups is 1. The van der Waals surface area contributed by atoms with Crippen molar-refractivity contribution in [1.29, 1.82) is 0 Å². The lowest BCUT2D eigenvalue weighted by Crippen LogP contribution is -2.41. The minimum absolute atomic E-state index is 0.0155. The van der Waals surface area contributed by atoms with Gasteiger partial charge in [0.25, 0.3) is 0 Å². The van der Waals surface area contributed by atoms with Crippen molar-refractivity contribution in [2.24, 2.45) is 0 Å². The molecule has 1 amide bonds. The van der Waals surface area contributed by atoms with Crippen molar-refractivity contribution < 1.29 is 23.8 Å². The van der Waals surface area contributed by atoms with Gasteiger partial charge in [-0.3, -0.25) is 9.59 Å². The predicted molar refractivity (Wildman–Crippen MR) is 123 cm³/mol. The summed E-state index contributed by atoms with van der Waals surface area (Å²) >= 11 is 4.47. The van der Waals surface area contributed by atoms with Gasteiger partial charge in [0.1, 0.15) is 11.6 Å². The quantitative estimate of drug-likeness (QED) is 0.396. The summed E-state index contributed by atoms with van der Waals surface area (Å²) in [5.74, 6) is -1.18. The number of fused-ring (bicyclic) bond motifs is 1. The summed E-state index contributed by atoms with van der Waals surface area (Å²) < 4.78 is 20.9. The second-order valence-corrected chi connectivity index (χ2v) is 9.56. The molecule has 8 heteroatoms. The third-order valence-corrected chi connectivity index (χ3v) is 6.75. The number of amides is 1. The number of benzene rings is 2. The molecule has 0 aliphatic carbocycles. The molecule has 0 saturated carbocycles. The Morgan fingerprint density at radius 2 is 2.03 bits per heavy atom. The second-order valence-electron chi connectivity index (χ2n) is 7.40. The molecule has 0 bridgehead atoms. The van der Waals surface area contributed by atoms with Crippen molar-refractivity contribution >= 4 is 45.3 Å². The fraction of sp³-hybridized carbons (Fsp3) is 0.391. The van der Waals surface area contributed by atoms with Crippen LogP contribution in [0.1, 0.15) is 44.6 Å². The topological polar surface area (TPSA) is 66.8 Å². The molecule has 166 valence electrons. The Balaban J connectivity index is 1.86. The number of rotatable bonds is 10. The molecule has 1 heterocycles. The Hall–Kier alpha value is -2.06. The molecular formula is C23H25BrFNO4S. The molecule has 0 saturated heterocycles. The number of unbranched alkanes of at least 4 members (excludes halogenated alkanes) is 3. The number of carbonyl (C=O) groups excluding carboxylic acids is 1.